The minimum atomic E-state index is -1.45. The van der Waals surface area contributed by atoms with E-state index in [0.717, 1.165) is 15.0 Å². The summed E-state index contributed by atoms with van der Waals surface area (Å²) in [6, 6.07) is -7.92. The summed E-state index contributed by atoms with van der Waals surface area (Å²) in [5.74, 6) is -15.3. The number of Topliss-reactive ketones (excluding diaryl/α,β-unsaturated/α-hetero) is 3. The van der Waals surface area contributed by atoms with Gasteiger partial charge in [-0.3, -0.25) is 57.5 Å². The average Bonchev–Trinajstić information content (AvgIpc) is 1.71. The SMILES string of the molecule is O=C(NC(CO)CO)c1c(I)c(C(=O)NC(CO)CO)c(I)c(N(C(=O)C2CC2=O)N2CCN(N(C(=O)C3CC3=O)c3c(I)c(C(=O)NC(CO)CO)c(I)c(C(=O)NC(CO)CO)c3I)CCN(N(C(=O)C3CC3=O)c3c(I)c(C(=O)NC(CO)CO)c(I)c(C(=O)NC(CO)CO)c3I)CC2)c1I. The van der Waals surface area contributed by atoms with E-state index in [1.165, 1.54) is 15.0 Å². The van der Waals surface area contributed by atoms with E-state index in [9.17, 15) is 104 Å². The largest absolute Gasteiger partial charge is 0.394 e. The van der Waals surface area contributed by atoms with Crippen LogP contribution in [0.3, 0.4) is 0 Å². The molecule has 3 atom stereocenters. The molecule has 0 radical (unpaired) electrons. The summed E-state index contributed by atoms with van der Waals surface area (Å²) >= 11 is 15.4. The molecule has 0 bridgehead atoms. The van der Waals surface area contributed by atoms with E-state index < -0.39 is 243 Å². The molecule has 3 aromatic carbocycles. The number of carbonyl (C=O) groups excluding carboxylic acids is 12. The van der Waals surface area contributed by atoms with Gasteiger partial charge < -0.3 is 93.2 Å². The second-order valence-electron chi connectivity index (χ2n) is 23.8. The van der Waals surface area contributed by atoms with Crippen LogP contribution in [0, 0.1) is 49.9 Å². The highest BCUT2D eigenvalue weighted by Crippen LogP contribution is 2.46. The van der Waals surface area contributed by atoms with Gasteiger partial charge in [0.1, 0.15) is 35.1 Å². The molecule has 9 amide bonds. The molecule has 45 heteroatoms. The van der Waals surface area contributed by atoms with Gasteiger partial charge >= 0.3 is 0 Å². The first-order valence-electron chi connectivity index (χ1n) is 31.4. The van der Waals surface area contributed by atoms with E-state index in [2.05, 4.69) is 31.9 Å². The van der Waals surface area contributed by atoms with Crippen molar-refractivity contribution in [3.05, 3.63) is 65.5 Å². The molecular formula is C60H69I9N12O24. The van der Waals surface area contributed by atoms with E-state index in [1.54, 1.807) is 203 Å². The van der Waals surface area contributed by atoms with Crippen LogP contribution in [0.15, 0.2) is 0 Å². The van der Waals surface area contributed by atoms with Crippen LogP contribution in [0.5, 0.6) is 0 Å². The summed E-state index contributed by atoms with van der Waals surface area (Å²) < 4.78 is -1.11. The van der Waals surface area contributed by atoms with Crippen molar-refractivity contribution in [3.63, 3.8) is 0 Å². The second-order valence-corrected chi connectivity index (χ2v) is 33.5. The first-order valence-corrected chi connectivity index (χ1v) is 41.1. The average molecular weight is 2480 g/mol. The molecule has 1 heterocycles. The molecule has 36 nitrogen and oxygen atoms in total. The van der Waals surface area contributed by atoms with Gasteiger partial charge in [-0.2, -0.15) is 0 Å². The summed E-state index contributed by atoms with van der Waals surface area (Å²) in [5.41, 5.74) is -3.02. The number of hydrogen-bond acceptors (Lipinski definition) is 27. The summed E-state index contributed by atoms with van der Waals surface area (Å²) in [4.78, 5) is 177. The lowest BCUT2D eigenvalue weighted by molar-refractivity contribution is -0.127. The number of aliphatic hydroxyl groups excluding tert-OH is 12. The summed E-state index contributed by atoms with van der Waals surface area (Å²) in [5, 5.41) is 144. The Balaban J connectivity index is 1.65. The zero-order valence-corrected chi connectivity index (χ0v) is 73.8. The van der Waals surface area contributed by atoms with Crippen molar-refractivity contribution in [2.45, 2.75) is 55.5 Å². The molecule has 0 aromatic heterocycles. The smallest absolute Gasteiger partial charge is 0.253 e. The molecule has 18 N–H and O–H groups in total. The molecule has 1 aliphatic heterocycles. The van der Waals surface area contributed by atoms with Crippen LogP contribution in [-0.2, 0) is 28.8 Å². The third-order valence-corrected chi connectivity index (χ3v) is 26.2. The highest BCUT2D eigenvalue weighted by atomic mass is 127. The number of benzene rings is 3. The van der Waals surface area contributed by atoms with Crippen molar-refractivity contribution in [2.75, 3.05) is 134 Å². The van der Waals surface area contributed by atoms with Crippen molar-refractivity contribution >= 4 is 291 Å². The molecule has 4 fully saturated rings. The van der Waals surface area contributed by atoms with Crippen LogP contribution in [-0.4, -0.2) is 302 Å². The molecule has 3 aromatic rings. The van der Waals surface area contributed by atoms with Crippen molar-refractivity contribution < 1.29 is 119 Å². The van der Waals surface area contributed by atoms with E-state index in [1.807, 2.05) is 0 Å². The van der Waals surface area contributed by atoms with E-state index in [-0.39, 0.29) is 102 Å². The Morgan fingerprint density at radius 3 is 0.533 bits per heavy atom. The first-order chi connectivity index (χ1) is 49.8. The van der Waals surface area contributed by atoms with Crippen LogP contribution < -0.4 is 46.9 Å². The third-order valence-electron chi connectivity index (χ3n) is 16.7. The molecule has 3 aliphatic carbocycles. The topological polar surface area (TPSA) is 539 Å². The van der Waals surface area contributed by atoms with E-state index >= 15 is 14.4 Å². The fraction of sp³-hybridized carbons (Fsp3) is 0.500. The molecular weight excluding hydrogens is 2410 g/mol. The quantitative estimate of drug-likeness (QED) is 0.0207. The van der Waals surface area contributed by atoms with Crippen LogP contribution in [0.25, 0.3) is 0 Å². The maximum absolute atomic E-state index is 15.9. The fourth-order valence-electron chi connectivity index (χ4n) is 10.5. The lowest BCUT2D eigenvalue weighted by atomic mass is 10.1. The van der Waals surface area contributed by atoms with E-state index in [0.29, 0.717) is 0 Å². The van der Waals surface area contributed by atoms with Crippen LogP contribution in [0.1, 0.15) is 81.4 Å². The zero-order chi connectivity index (χ0) is 78.1. The number of ketones is 3. The maximum Gasteiger partial charge on any atom is 0.253 e. The van der Waals surface area contributed by atoms with Gasteiger partial charge in [0.05, 0.1) is 187 Å². The number of halogens is 9. The Morgan fingerprint density at radius 1 is 0.286 bits per heavy atom. The molecule has 0 spiro atoms. The number of aliphatic hydroxyl groups is 12. The maximum atomic E-state index is 15.9. The van der Waals surface area contributed by atoms with Gasteiger partial charge in [-0.25, -0.2) is 30.1 Å². The Hall–Kier alpha value is -2.13. The Kier molecular flexibility index (Phi) is 34.8. The second kappa shape index (κ2) is 40.6. The minimum Gasteiger partial charge on any atom is -0.394 e. The van der Waals surface area contributed by atoms with Crippen LogP contribution in [0.2, 0.25) is 0 Å². The van der Waals surface area contributed by atoms with Crippen LogP contribution in [0.4, 0.5) is 17.1 Å². The number of hydrogen-bond donors (Lipinski definition) is 18. The first kappa shape index (κ1) is 90.1. The van der Waals surface area contributed by atoms with E-state index in [4.69, 9.17) is 0 Å². The highest BCUT2D eigenvalue weighted by molar-refractivity contribution is 14.1. The predicted octanol–water partition coefficient (Wildman–Crippen LogP) is -3.54. The summed E-state index contributed by atoms with van der Waals surface area (Å²) in [7, 11) is 0. The molecule has 3 unspecified atom stereocenters. The number of hydrazine groups is 3. The van der Waals surface area contributed by atoms with Gasteiger partial charge in [0.2, 0.25) is 0 Å². The van der Waals surface area contributed by atoms with Gasteiger partial charge in [-0.1, -0.05) is 0 Å². The lowest BCUT2D eigenvalue weighted by Gasteiger charge is -2.40. The number of amides is 9. The number of anilines is 3. The molecule has 4 aliphatic rings. The summed E-state index contributed by atoms with van der Waals surface area (Å²) in [6.07, 6.45) is -1.06. The molecule has 1 saturated heterocycles. The monoisotopic (exact) mass is 2480 g/mol. The Bertz CT molecular complexity index is 3360. The zero-order valence-electron chi connectivity index (χ0n) is 54.4. The summed E-state index contributed by atoms with van der Waals surface area (Å²) in [6.45, 7) is -12.9. The van der Waals surface area contributed by atoms with Crippen molar-refractivity contribution in [2.24, 2.45) is 17.8 Å². The molecule has 105 heavy (non-hydrogen) atoms. The number of nitrogens with zero attached hydrogens (tertiary/aromatic N) is 6. The molecule has 576 valence electrons. The minimum absolute atomic E-state index is 0.114. The van der Waals surface area contributed by atoms with Gasteiger partial charge in [0.15, 0.2) is 0 Å². The highest BCUT2D eigenvalue weighted by Gasteiger charge is 2.52. The number of rotatable bonds is 33. The number of nitrogens with one attached hydrogen (secondary N) is 6. The van der Waals surface area contributed by atoms with Crippen molar-refractivity contribution in [1.29, 1.82) is 0 Å². The molecule has 7 rings (SSSR count). The standard InChI is InChI=1S/C60H69I9N12O24/c61-40-34(52(97)70-22(10-82)11-83)43(64)49(44(65)35(40)53(98)71-23(12-84)13-85)79(58(103)28-7-31(28)94)76-1-2-77(80(59(104)29-8-32(29)95)50-45(66)36(54(99)72-24(14-86)15-87)41(62)37(46(50)67)55(100)73-25(16-88)17-89)5-6-78(4-3-76)81(60(105)30-9-33(30)96)51-47(68)38(56(101)74-26(18-90)19-91)42(63)39(48(51)69)57(102)75-27(20-92)21-93/h22-30,82-93H,1-21H2,(H,70,97)(H,71,98)(H,72,99)(H,73,100)(H,74,101)(H,75,102). The fourth-order valence-corrected chi connectivity index (χ4v) is 24.3. The van der Waals surface area contributed by atoms with Crippen LogP contribution >= 0.6 is 203 Å². The van der Waals surface area contributed by atoms with Gasteiger partial charge in [-0.15, -0.1) is 0 Å². The number of carbonyl (C=O) groups is 12. The van der Waals surface area contributed by atoms with Crippen molar-refractivity contribution in [1.82, 2.24) is 46.9 Å². The lowest BCUT2D eigenvalue weighted by Crippen LogP contribution is -2.55. The third kappa shape index (κ3) is 20.5. The van der Waals surface area contributed by atoms with Gasteiger partial charge in [-0.05, 0) is 203 Å². The van der Waals surface area contributed by atoms with Gasteiger partial charge in [0.25, 0.3) is 53.2 Å². The van der Waals surface area contributed by atoms with Crippen molar-refractivity contribution in [3.8, 4) is 0 Å². The molecule has 3 saturated carbocycles. The predicted molar refractivity (Wildman–Crippen MR) is 443 cm³/mol. The Labute approximate surface area is 719 Å². The normalized spacial score (nSPS) is 17.1. The Morgan fingerprint density at radius 2 is 0.419 bits per heavy atom. The van der Waals surface area contributed by atoms with Gasteiger partial charge in [0, 0.05) is 69.2 Å².